The van der Waals surface area contributed by atoms with Crippen molar-refractivity contribution in [1.82, 2.24) is 14.5 Å². The number of ether oxygens (including phenoxy) is 1. The summed E-state index contributed by atoms with van der Waals surface area (Å²) >= 11 is 0. The fraction of sp³-hybridized carbons (Fsp3) is 0.750. The zero-order valence-corrected chi connectivity index (χ0v) is 12.1. The lowest BCUT2D eigenvalue weighted by Crippen LogP contribution is -2.37. The van der Waals surface area contributed by atoms with E-state index in [1.165, 1.54) is 6.33 Å². The Labute approximate surface area is 121 Å². The molecular formula is C12H20N4O5. The van der Waals surface area contributed by atoms with Crippen LogP contribution in [0.2, 0.25) is 0 Å². The molecule has 1 aromatic rings. The van der Waals surface area contributed by atoms with Crippen LogP contribution in [0.3, 0.4) is 0 Å². The van der Waals surface area contributed by atoms with Crippen LogP contribution >= 0.6 is 0 Å². The first-order valence-electron chi connectivity index (χ1n) is 6.59. The van der Waals surface area contributed by atoms with Gasteiger partial charge in [-0.15, -0.1) is 0 Å². The van der Waals surface area contributed by atoms with E-state index in [9.17, 15) is 15.0 Å². The van der Waals surface area contributed by atoms with E-state index in [1.54, 1.807) is 0 Å². The van der Waals surface area contributed by atoms with Crippen LogP contribution < -0.4 is 11.0 Å². The van der Waals surface area contributed by atoms with Crippen molar-refractivity contribution in [2.75, 3.05) is 11.9 Å². The normalized spacial score (nSPS) is 29.6. The summed E-state index contributed by atoms with van der Waals surface area (Å²) in [5.74, 6) is 0.162. The lowest BCUT2D eigenvalue weighted by Gasteiger charge is -2.21. The number of aliphatic hydroxyl groups excluding tert-OH is 3. The van der Waals surface area contributed by atoms with Gasteiger partial charge in [0, 0.05) is 5.54 Å². The maximum absolute atomic E-state index is 12.0. The molecule has 1 aliphatic rings. The van der Waals surface area contributed by atoms with Gasteiger partial charge in [0.05, 0.1) is 6.61 Å². The predicted molar refractivity (Wildman–Crippen MR) is 72.7 cm³/mol. The third kappa shape index (κ3) is 3.38. The van der Waals surface area contributed by atoms with E-state index in [1.807, 2.05) is 20.8 Å². The highest BCUT2D eigenvalue weighted by atomic mass is 16.6. The summed E-state index contributed by atoms with van der Waals surface area (Å²) in [6, 6.07) is 0. The van der Waals surface area contributed by atoms with Gasteiger partial charge in [-0.2, -0.15) is 4.98 Å². The average molecular weight is 300 g/mol. The summed E-state index contributed by atoms with van der Waals surface area (Å²) in [6.07, 6.45) is -3.52. The highest BCUT2D eigenvalue weighted by molar-refractivity contribution is 5.25. The molecule has 4 N–H and O–H groups in total. The van der Waals surface area contributed by atoms with E-state index < -0.39 is 36.8 Å². The molecule has 4 atom stereocenters. The molecule has 9 nitrogen and oxygen atoms in total. The van der Waals surface area contributed by atoms with Gasteiger partial charge in [-0.3, -0.25) is 4.57 Å². The van der Waals surface area contributed by atoms with Gasteiger partial charge in [0.2, 0.25) is 5.95 Å². The van der Waals surface area contributed by atoms with Crippen molar-refractivity contribution in [3.8, 4) is 0 Å². The molecule has 0 aliphatic carbocycles. The van der Waals surface area contributed by atoms with Crippen molar-refractivity contribution < 1.29 is 20.1 Å². The minimum absolute atomic E-state index is 0.162. The first kappa shape index (κ1) is 15.8. The van der Waals surface area contributed by atoms with Gasteiger partial charge >= 0.3 is 5.69 Å². The molecule has 0 aromatic carbocycles. The number of anilines is 1. The van der Waals surface area contributed by atoms with Crippen LogP contribution in [-0.2, 0) is 4.74 Å². The van der Waals surface area contributed by atoms with Gasteiger partial charge in [0.25, 0.3) is 0 Å². The summed E-state index contributed by atoms with van der Waals surface area (Å²) in [7, 11) is 0. The number of aromatic nitrogens is 3. The van der Waals surface area contributed by atoms with Crippen LogP contribution in [0.15, 0.2) is 11.1 Å². The molecule has 21 heavy (non-hydrogen) atoms. The molecular weight excluding hydrogens is 280 g/mol. The third-order valence-electron chi connectivity index (χ3n) is 3.00. The summed E-state index contributed by atoms with van der Waals surface area (Å²) in [4.78, 5) is 19.7. The predicted octanol–water partition coefficient (Wildman–Crippen LogP) is -1.54. The first-order chi connectivity index (χ1) is 9.73. The van der Waals surface area contributed by atoms with Crippen LogP contribution in [0.25, 0.3) is 0 Å². The molecule has 1 saturated heterocycles. The molecule has 0 spiro atoms. The van der Waals surface area contributed by atoms with Gasteiger partial charge in [-0.25, -0.2) is 9.78 Å². The zero-order valence-electron chi connectivity index (χ0n) is 12.1. The highest BCUT2D eigenvalue weighted by Crippen LogP contribution is 2.27. The minimum Gasteiger partial charge on any atom is -0.394 e. The molecule has 0 bridgehead atoms. The van der Waals surface area contributed by atoms with Crippen LogP contribution in [-0.4, -0.2) is 60.3 Å². The maximum atomic E-state index is 12.0. The third-order valence-corrected chi connectivity index (χ3v) is 3.00. The first-order valence-corrected chi connectivity index (χ1v) is 6.59. The number of rotatable bonds is 3. The van der Waals surface area contributed by atoms with Gasteiger partial charge in [0.15, 0.2) is 6.23 Å². The number of hydrogen-bond donors (Lipinski definition) is 4. The summed E-state index contributed by atoms with van der Waals surface area (Å²) in [5, 5.41) is 31.5. The quantitative estimate of drug-likeness (QED) is 0.528. The van der Waals surface area contributed by atoms with Crippen molar-refractivity contribution in [2.24, 2.45) is 0 Å². The Morgan fingerprint density at radius 3 is 2.52 bits per heavy atom. The number of nitrogens with zero attached hydrogens (tertiary/aromatic N) is 3. The zero-order chi connectivity index (χ0) is 15.8. The minimum atomic E-state index is -1.34. The molecule has 0 saturated carbocycles. The lowest BCUT2D eigenvalue weighted by atomic mass is 10.1. The topological polar surface area (TPSA) is 130 Å². The Bertz CT molecular complexity index is 555. The second kappa shape index (κ2) is 5.68. The standard InChI is InChI=1S/C12H20N4O5/c1-12(2,3)15-10-13-5-16(11(20)14-10)9-8(19)7(18)6(4-17)21-9/h5-9,17-19H,4H2,1-3H3,(H,14,15,20)/t6-,7-,8-,9-/m1/s1. The monoisotopic (exact) mass is 300 g/mol. The Morgan fingerprint density at radius 2 is 2.05 bits per heavy atom. The van der Waals surface area contributed by atoms with E-state index in [0.29, 0.717) is 0 Å². The van der Waals surface area contributed by atoms with E-state index in [2.05, 4.69) is 15.3 Å². The Hall–Kier alpha value is -1.55. The summed E-state index contributed by atoms with van der Waals surface area (Å²) in [6.45, 7) is 5.23. The number of nitrogens with one attached hydrogen (secondary N) is 1. The Kier molecular flexibility index (Phi) is 4.28. The average Bonchev–Trinajstić information content (AvgIpc) is 2.65. The molecule has 9 heteroatoms. The molecule has 2 heterocycles. The van der Waals surface area contributed by atoms with Gasteiger partial charge < -0.3 is 25.4 Å². The van der Waals surface area contributed by atoms with Crippen molar-refractivity contribution in [1.29, 1.82) is 0 Å². The molecule has 0 unspecified atom stereocenters. The number of hydrogen-bond acceptors (Lipinski definition) is 8. The van der Waals surface area contributed by atoms with Gasteiger partial charge in [0.1, 0.15) is 24.6 Å². The second-order valence-corrected chi connectivity index (χ2v) is 5.97. The van der Waals surface area contributed by atoms with Gasteiger partial charge in [-0.05, 0) is 20.8 Å². The van der Waals surface area contributed by atoms with E-state index in [-0.39, 0.29) is 11.5 Å². The highest BCUT2D eigenvalue weighted by Gasteiger charge is 2.43. The van der Waals surface area contributed by atoms with Crippen LogP contribution in [0.4, 0.5) is 5.95 Å². The van der Waals surface area contributed by atoms with E-state index >= 15 is 0 Å². The Morgan fingerprint density at radius 1 is 1.38 bits per heavy atom. The molecule has 118 valence electrons. The van der Waals surface area contributed by atoms with Crippen molar-refractivity contribution in [3.05, 3.63) is 16.8 Å². The Balaban J connectivity index is 2.24. The lowest BCUT2D eigenvalue weighted by molar-refractivity contribution is -0.0554. The van der Waals surface area contributed by atoms with Crippen molar-refractivity contribution in [3.63, 3.8) is 0 Å². The largest absolute Gasteiger partial charge is 0.394 e. The summed E-state index contributed by atoms with van der Waals surface area (Å²) < 4.78 is 6.24. The van der Waals surface area contributed by atoms with Crippen LogP contribution in [0, 0.1) is 0 Å². The molecule has 0 radical (unpaired) electrons. The smallest absolute Gasteiger partial charge is 0.354 e. The SMILES string of the molecule is CC(C)(C)Nc1ncn([C@@H]2O[C@H](CO)[C@@H](O)[C@H]2O)c(=O)n1. The fourth-order valence-corrected chi connectivity index (χ4v) is 2.02. The van der Waals surface area contributed by atoms with Crippen LogP contribution in [0.1, 0.15) is 27.0 Å². The van der Waals surface area contributed by atoms with Gasteiger partial charge in [-0.1, -0.05) is 0 Å². The number of aliphatic hydroxyl groups is 3. The molecule has 1 fully saturated rings. The molecule has 1 aliphatic heterocycles. The van der Waals surface area contributed by atoms with Crippen molar-refractivity contribution >= 4 is 5.95 Å². The van der Waals surface area contributed by atoms with E-state index in [4.69, 9.17) is 9.84 Å². The molecule has 2 rings (SSSR count). The second-order valence-electron chi connectivity index (χ2n) is 5.97. The van der Waals surface area contributed by atoms with Crippen LogP contribution in [0.5, 0.6) is 0 Å². The summed E-state index contributed by atoms with van der Waals surface area (Å²) in [5.41, 5.74) is -0.980. The van der Waals surface area contributed by atoms with Crippen molar-refractivity contribution in [2.45, 2.75) is 50.8 Å². The molecule has 1 aromatic heterocycles. The molecule has 0 amide bonds. The fourth-order valence-electron chi connectivity index (χ4n) is 2.02. The van der Waals surface area contributed by atoms with E-state index in [0.717, 1.165) is 4.57 Å². The maximum Gasteiger partial charge on any atom is 0.354 e.